The molecule has 0 unspecified atom stereocenters. The number of hydrogen-bond acceptors (Lipinski definition) is 3. The zero-order chi connectivity index (χ0) is 14.4. The van der Waals surface area contributed by atoms with Crippen molar-refractivity contribution >= 4 is 11.9 Å². The number of carbonyl (C=O) groups is 2. The van der Waals surface area contributed by atoms with Crippen molar-refractivity contribution in [2.75, 3.05) is 6.54 Å². The molecule has 2 aliphatic rings. The number of hydrogen-bond donors (Lipinski definition) is 2. The van der Waals surface area contributed by atoms with Crippen LogP contribution in [0.2, 0.25) is 0 Å². The van der Waals surface area contributed by atoms with E-state index in [1.54, 1.807) is 0 Å². The van der Waals surface area contributed by atoms with E-state index in [0.29, 0.717) is 0 Å². The molecule has 0 aromatic heterocycles. The first kappa shape index (κ1) is 15.3. The standard InChI is InChI=1S/C15H27N3O2/c16-11-14(19)18(13-9-5-2-6-10-13)15(20)17-12-7-3-1-4-8-12/h12-13H,1-11,16H2,(H,17,20). The van der Waals surface area contributed by atoms with Crippen LogP contribution in [0.3, 0.4) is 0 Å². The van der Waals surface area contributed by atoms with E-state index in [1.807, 2.05) is 0 Å². The van der Waals surface area contributed by atoms with Crippen LogP contribution in [0.4, 0.5) is 4.79 Å². The summed E-state index contributed by atoms with van der Waals surface area (Å²) in [6.45, 7) is -0.0887. The van der Waals surface area contributed by atoms with Crippen LogP contribution in [0.5, 0.6) is 0 Å². The second-order valence-electron chi connectivity index (χ2n) is 6.04. The zero-order valence-electron chi connectivity index (χ0n) is 12.3. The van der Waals surface area contributed by atoms with Gasteiger partial charge in [-0.15, -0.1) is 0 Å². The lowest BCUT2D eigenvalue weighted by atomic mass is 9.93. The molecule has 114 valence electrons. The van der Waals surface area contributed by atoms with E-state index in [1.165, 1.54) is 30.6 Å². The lowest BCUT2D eigenvalue weighted by Crippen LogP contribution is -2.54. The SMILES string of the molecule is NCC(=O)N(C(=O)NC1CCCCC1)C1CCCCC1. The molecule has 0 aromatic carbocycles. The van der Waals surface area contributed by atoms with Crippen LogP contribution >= 0.6 is 0 Å². The van der Waals surface area contributed by atoms with Crippen molar-refractivity contribution in [2.24, 2.45) is 5.73 Å². The molecule has 2 aliphatic carbocycles. The fraction of sp³-hybridized carbons (Fsp3) is 0.867. The Balaban J connectivity index is 1.97. The van der Waals surface area contributed by atoms with Gasteiger partial charge in [0.05, 0.1) is 6.54 Å². The average molecular weight is 281 g/mol. The third-order valence-corrected chi connectivity index (χ3v) is 4.53. The fourth-order valence-electron chi connectivity index (χ4n) is 3.41. The van der Waals surface area contributed by atoms with Gasteiger partial charge < -0.3 is 11.1 Å². The molecule has 0 aliphatic heterocycles. The van der Waals surface area contributed by atoms with Gasteiger partial charge in [-0.1, -0.05) is 38.5 Å². The lowest BCUT2D eigenvalue weighted by molar-refractivity contribution is -0.129. The molecule has 20 heavy (non-hydrogen) atoms. The van der Waals surface area contributed by atoms with Crippen molar-refractivity contribution in [3.63, 3.8) is 0 Å². The predicted octanol–water partition coefficient (Wildman–Crippen LogP) is 2.15. The van der Waals surface area contributed by atoms with Crippen LogP contribution in [0, 0.1) is 0 Å². The largest absolute Gasteiger partial charge is 0.335 e. The summed E-state index contributed by atoms with van der Waals surface area (Å²) in [7, 11) is 0. The number of nitrogens with one attached hydrogen (secondary N) is 1. The van der Waals surface area contributed by atoms with Crippen molar-refractivity contribution < 1.29 is 9.59 Å². The maximum absolute atomic E-state index is 12.4. The van der Waals surface area contributed by atoms with Gasteiger partial charge in [0.15, 0.2) is 0 Å². The quantitative estimate of drug-likeness (QED) is 0.832. The minimum atomic E-state index is -0.245. The molecule has 5 heteroatoms. The van der Waals surface area contributed by atoms with Crippen LogP contribution in [0.15, 0.2) is 0 Å². The van der Waals surface area contributed by atoms with Crippen LogP contribution in [0.25, 0.3) is 0 Å². The molecule has 0 atom stereocenters. The van der Waals surface area contributed by atoms with Crippen LogP contribution in [0.1, 0.15) is 64.2 Å². The molecular weight excluding hydrogens is 254 g/mol. The Morgan fingerprint density at radius 2 is 1.50 bits per heavy atom. The second kappa shape index (κ2) is 7.62. The van der Waals surface area contributed by atoms with E-state index < -0.39 is 0 Å². The number of urea groups is 1. The zero-order valence-corrected chi connectivity index (χ0v) is 12.3. The topological polar surface area (TPSA) is 75.4 Å². The minimum absolute atomic E-state index is 0.0448. The number of amides is 3. The summed E-state index contributed by atoms with van der Waals surface area (Å²) in [5.41, 5.74) is 5.48. The summed E-state index contributed by atoms with van der Waals surface area (Å²) >= 11 is 0. The Labute approximate surface area is 121 Å². The number of nitrogens with two attached hydrogens (primary N) is 1. The van der Waals surface area contributed by atoms with E-state index in [2.05, 4.69) is 5.32 Å². The molecule has 0 saturated heterocycles. The Hall–Kier alpha value is -1.10. The van der Waals surface area contributed by atoms with Crippen molar-refractivity contribution in [1.29, 1.82) is 0 Å². The van der Waals surface area contributed by atoms with Gasteiger partial charge in [-0.05, 0) is 25.7 Å². The van der Waals surface area contributed by atoms with Crippen LogP contribution in [-0.2, 0) is 4.79 Å². The highest BCUT2D eigenvalue weighted by Gasteiger charge is 2.31. The summed E-state index contributed by atoms with van der Waals surface area (Å²) in [6, 6.07) is 0.0514. The highest BCUT2D eigenvalue weighted by atomic mass is 16.2. The third-order valence-electron chi connectivity index (χ3n) is 4.53. The fourth-order valence-corrected chi connectivity index (χ4v) is 3.41. The van der Waals surface area contributed by atoms with E-state index in [4.69, 9.17) is 5.73 Å². The summed E-state index contributed by atoms with van der Waals surface area (Å²) < 4.78 is 0. The van der Waals surface area contributed by atoms with Crippen molar-refractivity contribution in [3.8, 4) is 0 Å². The van der Waals surface area contributed by atoms with E-state index in [-0.39, 0.29) is 30.6 Å². The molecule has 0 heterocycles. The molecule has 2 rings (SSSR count). The molecule has 5 nitrogen and oxygen atoms in total. The van der Waals surface area contributed by atoms with Gasteiger partial charge in [0.25, 0.3) is 0 Å². The predicted molar refractivity (Wildman–Crippen MR) is 78.2 cm³/mol. The smallest absolute Gasteiger partial charge is 0.324 e. The summed E-state index contributed by atoms with van der Waals surface area (Å²) in [5, 5.41) is 3.04. The molecule has 3 amide bonds. The van der Waals surface area contributed by atoms with E-state index >= 15 is 0 Å². The highest BCUT2D eigenvalue weighted by molar-refractivity contribution is 5.95. The molecule has 0 bridgehead atoms. The van der Waals surface area contributed by atoms with Crippen molar-refractivity contribution in [3.05, 3.63) is 0 Å². The number of carbonyl (C=O) groups excluding carboxylic acids is 2. The molecule has 3 N–H and O–H groups in total. The van der Waals surface area contributed by atoms with Gasteiger partial charge in [-0.3, -0.25) is 9.69 Å². The van der Waals surface area contributed by atoms with E-state index in [0.717, 1.165) is 38.5 Å². The molecular formula is C15H27N3O2. The molecule has 0 aromatic rings. The van der Waals surface area contributed by atoms with Gasteiger partial charge >= 0.3 is 6.03 Å². The Morgan fingerprint density at radius 1 is 0.950 bits per heavy atom. The Morgan fingerprint density at radius 3 is 2.05 bits per heavy atom. The van der Waals surface area contributed by atoms with Gasteiger partial charge in [0.1, 0.15) is 0 Å². The van der Waals surface area contributed by atoms with E-state index in [9.17, 15) is 9.59 Å². The molecule has 0 spiro atoms. The molecule has 2 saturated carbocycles. The van der Waals surface area contributed by atoms with Crippen LogP contribution < -0.4 is 11.1 Å². The molecule has 0 radical (unpaired) electrons. The van der Waals surface area contributed by atoms with Crippen molar-refractivity contribution in [2.45, 2.75) is 76.3 Å². The summed E-state index contributed by atoms with van der Waals surface area (Å²) in [4.78, 5) is 25.9. The molecule has 2 fully saturated rings. The monoisotopic (exact) mass is 281 g/mol. The summed E-state index contributed by atoms with van der Waals surface area (Å²) in [5.74, 6) is -0.245. The summed E-state index contributed by atoms with van der Waals surface area (Å²) in [6.07, 6.45) is 10.9. The maximum atomic E-state index is 12.4. The number of imide groups is 1. The third kappa shape index (κ3) is 3.95. The van der Waals surface area contributed by atoms with Gasteiger partial charge in [-0.25, -0.2) is 4.79 Å². The maximum Gasteiger partial charge on any atom is 0.324 e. The lowest BCUT2D eigenvalue weighted by Gasteiger charge is -2.34. The number of nitrogens with zero attached hydrogens (tertiary/aromatic N) is 1. The first-order valence-electron chi connectivity index (χ1n) is 8.05. The number of rotatable bonds is 3. The van der Waals surface area contributed by atoms with Gasteiger partial charge in [0, 0.05) is 12.1 Å². The minimum Gasteiger partial charge on any atom is -0.335 e. The Bertz CT molecular complexity index is 334. The Kier molecular flexibility index (Phi) is 5.83. The first-order chi connectivity index (χ1) is 9.72. The van der Waals surface area contributed by atoms with Gasteiger partial charge in [0.2, 0.25) is 5.91 Å². The van der Waals surface area contributed by atoms with Crippen LogP contribution in [-0.4, -0.2) is 35.5 Å². The highest BCUT2D eigenvalue weighted by Crippen LogP contribution is 2.23. The first-order valence-corrected chi connectivity index (χ1v) is 8.05. The van der Waals surface area contributed by atoms with Gasteiger partial charge in [-0.2, -0.15) is 0 Å². The second-order valence-corrected chi connectivity index (χ2v) is 6.04. The van der Waals surface area contributed by atoms with Crippen molar-refractivity contribution in [1.82, 2.24) is 10.2 Å². The normalized spacial score (nSPS) is 21.4. The average Bonchev–Trinajstić information content (AvgIpc) is 2.49.